The van der Waals surface area contributed by atoms with Gasteiger partial charge in [-0.1, -0.05) is 30.3 Å². The molecule has 11 heteroatoms. The summed E-state index contributed by atoms with van der Waals surface area (Å²) in [5.41, 5.74) is 1.51. The number of nitrogens with zero attached hydrogens (tertiary/aromatic N) is 5. The molecular formula is C34H35N5O4S2. The van der Waals surface area contributed by atoms with Crippen LogP contribution >= 0.6 is 22.7 Å². The molecule has 1 N–H and O–H groups in total. The van der Waals surface area contributed by atoms with Crippen LogP contribution in [0.3, 0.4) is 0 Å². The predicted molar refractivity (Wildman–Crippen MR) is 177 cm³/mol. The second kappa shape index (κ2) is 12.0. The number of likely N-dealkylation sites (tertiary alicyclic amines) is 2. The Balaban J connectivity index is 1.04. The first-order valence-electron chi connectivity index (χ1n) is 15.3. The van der Waals surface area contributed by atoms with Crippen LogP contribution in [0.2, 0.25) is 0 Å². The number of hydrogen-bond acceptors (Lipinski definition) is 7. The van der Waals surface area contributed by atoms with Crippen LogP contribution in [-0.2, 0) is 18.4 Å². The summed E-state index contributed by atoms with van der Waals surface area (Å²) in [4.78, 5) is 50.7. The molecule has 0 unspecified atom stereocenters. The molecule has 7 rings (SSSR count). The zero-order valence-corrected chi connectivity index (χ0v) is 26.7. The largest absolute Gasteiger partial charge is 0.388 e. The molecule has 2 saturated heterocycles. The van der Waals surface area contributed by atoms with Crippen molar-refractivity contribution < 1.29 is 14.7 Å². The zero-order chi connectivity index (χ0) is 31.1. The summed E-state index contributed by atoms with van der Waals surface area (Å²) in [6, 6.07) is 17.7. The lowest BCUT2D eigenvalue weighted by atomic mass is 9.79. The van der Waals surface area contributed by atoms with E-state index in [1.54, 1.807) is 28.2 Å². The van der Waals surface area contributed by atoms with Gasteiger partial charge in [0.25, 0.3) is 11.5 Å². The van der Waals surface area contributed by atoms with Gasteiger partial charge in [0.2, 0.25) is 5.91 Å². The first-order valence-corrected chi connectivity index (χ1v) is 17.0. The van der Waals surface area contributed by atoms with Crippen molar-refractivity contribution in [2.45, 2.75) is 37.3 Å². The van der Waals surface area contributed by atoms with Crippen molar-refractivity contribution in [3.8, 4) is 10.4 Å². The van der Waals surface area contributed by atoms with Gasteiger partial charge in [-0.3, -0.25) is 19.0 Å². The van der Waals surface area contributed by atoms with Gasteiger partial charge in [0, 0.05) is 61.7 Å². The van der Waals surface area contributed by atoms with E-state index in [1.807, 2.05) is 64.7 Å². The Morgan fingerprint density at radius 3 is 2.58 bits per heavy atom. The number of aliphatic hydroxyl groups is 1. The maximum absolute atomic E-state index is 14.1. The molecule has 0 aliphatic carbocycles. The van der Waals surface area contributed by atoms with Crippen LogP contribution in [0.25, 0.3) is 21.5 Å². The Morgan fingerprint density at radius 1 is 1.02 bits per heavy atom. The van der Waals surface area contributed by atoms with Crippen molar-refractivity contribution in [1.29, 1.82) is 0 Å². The third-order valence-corrected chi connectivity index (χ3v) is 11.2. The van der Waals surface area contributed by atoms with E-state index in [2.05, 4.69) is 16.4 Å². The molecule has 0 saturated carbocycles. The van der Waals surface area contributed by atoms with Crippen LogP contribution in [-0.4, -0.2) is 72.6 Å². The molecule has 45 heavy (non-hydrogen) atoms. The van der Waals surface area contributed by atoms with Crippen molar-refractivity contribution in [3.05, 3.63) is 98.7 Å². The summed E-state index contributed by atoms with van der Waals surface area (Å²) in [6.07, 6.45) is 4.62. The molecule has 2 amide bonds. The molecule has 2 atom stereocenters. The highest BCUT2D eigenvalue weighted by molar-refractivity contribution is 7.17. The summed E-state index contributed by atoms with van der Waals surface area (Å²) < 4.78 is 3.28. The normalized spacial score (nSPS) is 20.0. The Morgan fingerprint density at radius 2 is 1.82 bits per heavy atom. The molecular weight excluding hydrogens is 607 g/mol. The van der Waals surface area contributed by atoms with Crippen molar-refractivity contribution in [2.24, 2.45) is 13.0 Å². The Bertz CT molecular complexity index is 1890. The van der Waals surface area contributed by atoms with Gasteiger partial charge >= 0.3 is 0 Å². The minimum Gasteiger partial charge on any atom is -0.388 e. The van der Waals surface area contributed by atoms with Crippen LogP contribution in [0.1, 0.15) is 40.4 Å². The summed E-state index contributed by atoms with van der Waals surface area (Å²) in [6.45, 7) is 1.94. The monoisotopic (exact) mass is 641 g/mol. The fourth-order valence-corrected chi connectivity index (χ4v) is 8.49. The molecule has 1 aromatic carbocycles. The van der Waals surface area contributed by atoms with E-state index in [0.717, 1.165) is 16.0 Å². The van der Waals surface area contributed by atoms with Crippen molar-refractivity contribution in [1.82, 2.24) is 23.9 Å². The van der Waals surface area contributed by atoms with Gasteiger partial charge in [0.15, 0.2) is 0 Å². The molecule has 232 valence electrons. The van der Waals surface area contributed by atoms with Crippen molar-refractivity contribution in [3.63, 3.8) is 0 Å². The molecule has 0 radical (unpaired) electrons. The fraction of sp³-hybridized carbons (Fsp3) is 0.353. The van der Waals surface area contributed by atoms with E-state index < -0.39 is 5.60 Å². The minimum absolute atomic E-state index is 0.00905. The molecule has 0 spiro atoms. The average Bonchev–Trinajstić information content (AvgIpc) is 3.84. The van der Waals surface area contributed by atoms with Gasteiger partial charge in [-0.2, -0.15) is 11.3 Å². The van der Waals surface area contributed by atoms with Gasteiger partial charge < -0.3 is 19.5 Å². The predicted octanol–water partition coefficient (Wildman–Crippen LogP) is 4.82. The standard InChI is InChI=1S/C34H35N5O4S2/c1-36-14-9-26-30(36)35-22-39(32(26)41)21-34(43)12-16-37(17-13-34)31(40)25-10-15-38(19-27(25)23-5-3-2-4-6-23)33(42)29-8-7-28(45-29)24-11-18-44-20-24/h2-9,11,14,18,20,22,25,27,43H,10,12-13,15-17,19,21H2,1H3/t25-,27+/m1/s1. The maximum Gasteiger partial charge on any atom is 0.263 e. The van der Waals surface area contributed by atoms with E-state index in [4.69, 9.17) is 0 Å². The summed E-state index contributed by atoms with van der Waals surface area (Å²) in [5.74, 6) is -0.316. The number of thiophene rings is 2. The third-order valence-electron chi connectivity index (χ3n) is 9.39. The zero-order valence-electron chi connectivity index (χ0n) is 25.0. The van der Waals surface area contributed by atoms with Crippen LogP contribution in [0, 0.1) is 5.92 Å². The molecule has 2 fully saturated rings. The van der Waals surface area contributed by atoms with Crippen LogP contribution in [0.5, 0.6) is 0 Å². The highest BCUT2D eigenvalue weighted by atomic mass is 32.1. The van der Waals surface area contributed by atoms with Crippen LogP contribution in [0.4, 0.5) is 0 Å². The number of amides is 2. The van der Waals surface area contributed by atoms with E-state index in [0.29, 0.717) is 61.4 Å². The molecule has 4 aromatic heterocycles. The van der Waals surface area contributed by atoms with Crippen LogP contribution < -0.4 is 5.56 Å². The number of fused-ring (bicyclic) bond motifs is 1. The lowest BCUT2D eigenvalue weighted by Gasteiger charge is -2.43. The number of carbonyl (C=O) groups excluding carboxylic acids is 2. The molecule has 6 heterocycles. The highest BCUT2D eigenvalue weighted by Gasteiger charge is 2.42. The summed E-state index contributed by atoms with van der Waals surface area (Å²) in [5, 5.41) is 16.1. The fourth-order valence-electron chi connectivity index (χ4n) is 6.78. The van der Waals surface area contributed by atoms with E-state index >= 15 is 0 Å². The van der Waals surface area contributed by atoms with Gasteiger partial charge in [0.1, 0.15) is 12.0 Å². The molecule has 0 bridgehead atoms. The topological polar surface area (TPSA) is 101 Å². The van der Waals surface area contributed by atoms with Gasteiger partial charge in [-0.25, -0.2) is 4.98 Å². The second-order valence-corrected chi connectivity index (χ2v) is 14.1. The minimum atomic E-state index is -1.11. The van der Waals surface area contributed by atoms with Gasteiger partial charge in [0.05, 0.1) is 22.4 Å². The lowest BCUT2D eigenvalue weighted by molar-refractivity contribution is -0.142. The first-order chi connectivity index (χ1) is 21.8. The summed E-state index contributed by atoms with van der Waals surface area (Å²) in [7, 11) is 1.84. The number of carbonyl (C=O) groups is 2. The smallest absolute Gasteiger partial charge is 0.263 e. The Labute approximate surface area is 269 Å². The lowest BCUT2D eigenvalue weighted by Crippen LogP contribution is -2.53. The quantitative estimate of drug-likeness (QED) is 0.287. The highest BCUT2D eigenvalue weighted by Crippen LogP contribution is 2.37. The molecule has 5 aromatic rings. The van der Waals surface area contributed by atoms with E-state index in [9.17, 15) is 19.5 Å². The number of hydrogen-bond donors (Lipinski definition) is 1. The molecule has 2 aliphatic heterocycles. The first kappa shape index (κ1) is 29.6. The third kappa shape index (κ3) is 5.76. The van der Waals surface area contributed by atoms with Gasteiger partial charge in [-0.15, -0.1) is 11.3 Å². The van der Waals surface area contributed by atoms with E-state index in [-0.39, 0.29) is 35.8 Å². The average molecular weight is 642 g/mol. The molecule has 9 nitrogen and oxygen atoms in total. The van der Waals surface area contributed by atoms with Crippen molar-refractivity contribution >= 4 is 45.5 Å². The summed E-state index contributed by atoms with van der Waals surface area (Å²) >= 11 is 3.15. The maximum atomic E-state index is 14.1. The number of aryl methyl sites for hydroxylation is 1. The number of benzene rings is 1. The molecule has 2 aliphatic rings. The SMILES string of the molecule is Cn1ccc2c(=O)n(CC3(O)CCN(C(=O)[C@@H]4CCN(C(=O)c5ccc(-c6ccsc6)s5)C[C@H]4c4ccccc4)CC3)cnc21. The van der Waals surface area contributed by atoms with Gasteiger partial charge in [-0.05, 0) is 59.9 Å². The van der Waals surface area contributed by atoms with E-state index in [1.165, 1.54) is 22.2 Å². The van der Waals surface area contributed by atoms with Crippen LogP contribution in [0.15, 0.2) is 82.7 Å². The number of rotatable bonds is 6. The Hall–Kier alpha value is -4.06. The Kier molecular flexibility index (Phi) is 7.93. The van der Waals surface area contributed by atoms with Crippen molar-refractivity contribution in [2.75, 3.05) is 26.2 Å². The second-order valence-electron chi connectivity index (χ2n) is 12.2. The number of aromatic nitrogens is 3. The number of piperidine rings is 2.